The van der Waals surface area contributed by atoms with Gasteiger partial charge in [-0.2, -0.15) is 5.06 Å². The van der Waals surface area contributed by atoms with Crippen molar-refractivity contribution in [3.8, 4) is 11.5 Å². The highest BCUT2D eigenvalue weighted by Crippen LogP contribution is 2.50. The minimum Gasteiger partial charge on any atom is -0.504 e. The monoisotopic (exact) mass is 729 g/mol. The van der Waals surface area contributed by atoms with E-state index < -0.39 is 107 Å². The number of carboxylic acids is 2. The van der Waals surface area contributed by atoms with E-state index in [2.05, 4.69) is 10.1 Å². The Kier molecular flexibility index (Phi) is 7.76. The van der Waals surface area contributed by atoms with Crippen molar-refractivity contribution in [2.75, 3.05) is 18.9 Å². The smallest absolute Gasteiger partial charge is 0.372 e. The van der Waals surface area contributed by atoms with Crippen LogP contribution in [0.1, 0.15) is 64.9 Å². The van der Waals surface area contributed by atoms with Crippen molar-refractivity contribution >= 4 is 63.6 Å². The number of amides is 3. The first-order chi connectivity index (χ1) is 24.1. The van der Waals surface area contributed by atoms with Crippen LogP contribution in [0.3, 0.4) is 0 Å². The number of fused-ring (bicyclic) bond motifs is 1. The van der Waals surface area contributed by atoms with Gasteiger partial charge in [-0.15, -0.1) is 11.3 Å². The zero-order valence-corrected chi connectivity index (χ0v) is 26.9. The number of carboxylic acid groups (broad SMARTS) is 2. The number of ketones is 1. The van der Waals surface area contributed by atoms with Crippen LogP contribution < -0.4 is 5.73 Å². The van der Waals surface area contributed by atoms with Crippen LogP contribution >= 0.6 is 11.3 Å². The number of carbonyl (C=O) groups excluding carboxylic acids is 5. The molecule has 1 aromatic heterocycles. The number of Topliss-reactive ketones (excluding diaryl/α,β-unsaturated/α-hetero) is 1. The first kappa shape index (κ1) is 33.8. The lowest BCUT2D eigenvalue weighted by atomic mass is 9.89. The molecule has 4 atom stereocenters. The number of benzene rings is 1. The molecule has 20 nitrogen and oxygen atoms in total. The summed E-state index contributed by atoms with van der Waals surface area (Å²) in [4.78, 5) is 107. The predicted octanol–water partition coefficient (Wildman–Crippen LogP) is -0.235. The van der Waals surface area contributed by atoms with Gasteiger partial charge in [-0.3, -0.25) is 28.9 Å². The van der Waals surface area contributed by atoms with Gasteiger partial charge in [-0.05, 0) is 25.0 Å². The first-order valence-corrected chi connectivity index (χ1v) is 16.2. The quantitative estimate of drug-likeness (QED) is 0.0693. The zero-order chi connectivity index (χ0) is 36.6. The van der Waals surface area contributed by atoms with Gasteiger partial charge >= 0.3 is 23.6 Å². The van der Waals surface area contributed by atoms with Crippen molar-refractivity contribution in [3.63, 3.8) is 0 Å². The van der Waals surface area contributed by atoms with Gasteiger partial charge in [0.05, 0.1) is 42.3 Å². The number of aliphatic carboxylic acids is 2. The minimum absolute atomic E-state index is 0.0218. The third-order valence-electron chi connectivity index (χ3n) is 9.44. The van der Waals surface area contributed by atoms with Crippen LogP contribution in [0.2, 0.25) is 0 Å². The van der Waals surface area contributed by atoms with Crippen molar-refractivity contribution in [2.24, 2.45) is 11.1 Å². The molecule has 3 unspecified atom stereocenters. The molecule has 21 heteroatoms. The summed E-state index contributed by atoms with van der Waals surface area (Å²) in [5.74, 6) is -11.6. The van der Waals surface area contributed by atoms with E-state index in [1.54, 1.807) is 0 Å². The Morgan fingerprint density at radius 1 is 1.04 bits per heavy atom. The Hall–Kier alpha value is -5.67. The number of rotatable bonds is 10. The number of hydroxylamine groups is 2. The molecule has 1 spiro atoms. The maximum Gasteiger partial charge on any atom is 0.372 e. The number of nitrogens with zero attached hydrogens (tertiary/aromatic N) is 4. The average molecular weight is 730 g/mol. The molecule has 3 amide bonds. The highest BCUT2D eigenvalue weighted by Gasteiger charge is 2.65. The van der Waals surface area contributed by atoms with Crippen LogP contribution in [-0.2, 0) is 43.1 Å². The lowest BCUT2D eigenvalue weighted by Gasteiger charge is -2.35. The molecule has 1 saturated carbocycles. The lowest BCUT2D eigenvalue weighted by Crippen LogP contribution is -2.56. The number of nitrogens with two attached hydrogens (primary N) is 1. The van der Waals surface area contributed by atoms with E-state index >= 15 is 0 Å². The summed E-state index contributed by atoms with van der Waals surface area (Å²) in [6.45, 7) is -0.505. The summed E-state index contributed by atoms with van der Waals surface area (Å²) in [5.41, 5.74) is -0.878. The highest BCUT2D eigenvalue weighted by molar-refractivity contribution is 7.13. The van der Waals surface area contributed by atoms with E-state index in [0.717, 1.165) is 23.5 Å². The summed E-state index contributed by atoms with van der Waals surface area (Å²) in [5, 5.41) is 45.5. The summed E-state index contributed by atoms with van der Waals surface area (Å²) < 4.78 is 10.9. The van der Waals surface area contributed by atoms with Gasteiger partial charge in [-0.1, -0.05) is 5.16 Å². The number of cyclic esters (lactones) is 1. The predicted molar refractivity (Wildman–Crippen MR) is 163 cm³/mol. The van der Waals surface area contributed by atoms with Crippen molar-refractivity contribution in [3.05, 3.63) is 34.3 Å². The number of aromatic nitrogens is 1. The average Bonchev–Trinajstić information content (AvgIpc) is 3.32. The third-order valence-corrected chi connectivity index (χ3v) is 10.1. The lowest BCUT2D eigenvalue weighted by molar-refractivity contribution is -0.256. The molecule has 5 heterocycles. The number of carbonyl (C=O) groups is 7. The van der Waals surface area contributed by atoms with Crippen molar-refractivity contribution in [2.45, 2.75) is 61.5 Å². The molecule has 1 aromatic carbocycles. The van der Waals surface area contributed by atoms with Gasteiger partial charge < -0.3 is 40.5 Å². The maximum absolute atomic E-state index is 13.7. The van der Waals surface area contributed by atoms with Gasteiger partial charge in [-0.25, -0.2) is 19.4 Å². The number of hydrogen-bond donors (Lipinski definition) is 5. The minimum atomic E-state index is -2.88. The number of hydrogen-bond acceptors (Lipinski definition) is 17. The topological polar surface area (TPSA) is 295 Å². The van der Waals surface area contributed by atoms with Gasteiger partial charge in [0.15, 0.2) is 28.1 Å². The highest BCUT2D eigenvalue weighted by atomic mass is 32.1. The Morgan fingerprint density at radius 3 is 2.27 bits per heavy atom. The molecule has 51 heavy (non-hydrogen) atoms. The van der Waals surface area contributed by atoms with Crippen LogP contribution in [0.4, 0.5) is 5.13 Å². The van der Waals surface area contributed by atoms with E-state index in [4.69, 9.17) is 24.9 Å². The second-order valence-corrected chi connectivity index (χ2v) is 13.6. The van der Waals surface area contributed by atoms with Crippen LogP contribution in [0.25, 0.3) is 0 Å². The Bertz CT molecular complexity index is 1930. The Balaban J connectivity index is 1.11. The molecule has 2 aromatic rings. The number of phenols is 2. The standard InChI is InChI=1S/C30H27N5O15S/c31-27-32-15(10-51-27)20(33-50-29(25(43)44)3-4-47-28(11-29)1-2-28)19(38)5-12-9-48-35(21(12)39)30(26(45)46)8-16(24(42)49-30)34-22(40)13-6-17(36)18(37)7-14(13)23(34)41/h6-7,10,12,16,36-37H,1-5,8-9,11H2,(H2,31,32)(H,43,44)(H,45,46)/b33-20-/t12-,16?,29?,30?/m0/s1. The molecule has 4 aliphatic heterocycles. The fraction of sp³-hybridized carbons (Fsp3) is 0.433. The molecule has 3 saturated heterocycles. The summed E-state index contributed by atoms with van der Waals surface area (Å²) >= 11 is 0.950. The normalized spacial score (nSPS) is 28.3. The number of aromatic hydroxyl groups is 2. The molecule has 4 fully saturated rings. The number of anilines is 1. The molecule has 1 aliphatic carbocycles. The second kappa shape index (κ2) is 11.7. The molecular formula is C30H27N5O15S. The SMILES string of the molecule is Nc1nc(/C(=N/OC2(C(=O)O)CCOC3(CC3)C2)C(=O)C[C@H]2CON(C3(C(=O)O)CC(N4C(=O)c5cc(O)c(O)cc5C4=O)C(=O)O3)C2=O)cs1. The maximum atomic E-state index is 13.7. The number of phenolic OH excluding ortho intramolecular Hbond substituents is 2. The summed E-state index contributed by atoms with van der Waals surface area (Å²) in [7, 11) is 0. The molecule has 5 aliphatic rings. The Morgan fingerprint density at radius 2 is 1.71 bits per heavy atom. The zero-order valence-electron chi connectivity index (χ0n) is 26.1. The second-order valence-electron chi connectivity index (χ2n) is 12.7. The molecule has 7 rings (SSSR count). The van der Waals surface area contributed by atoms with Gasteiger partial charge in [0.2, 0.25) is 5.60 Å². The van der Waals surface area contributed by atoms with Crippen LogP contribution in [-0.4, -0.2) is 119 Å². The van der Waals surface area contributed by atoms with E-state index in [1.165, 1.54) is 5.38 Å². The molecule has 6 N–H and O–H groups in total. The van der Waals surface area contributed by atoms with E-state index in [9.17, 15) is 54.0 Å². The summed E-state index contributed by atoms with van der Waals surface area (Å²) in [6.07, 6.45) is -0.484. The largest absolute Gasteiger partial charge is 0.504 e. The van der Waals surface area contributed by atoms with Gasteiger partial charge in [0.25, 0.3) is 17.7 Å². The number of thiazole rings is 1. The fourth-order valence-electron chi connectivity index (χ4n) is 6.56. The molecule has 0 radical (unpaired) electrons. The third kappa shape index (κ3) is 5.40. The number of nitrogen functional groups attached to an aromatic ring is 1. The molecule has 268 valence electrons. The van der Waals surface area contributed by atoms with Crippen molar-refractivity contribution in [1.29, 1.82) is 0 Å². The first-order valence-electron chi connectivity index (χ1n) is 15.4. The molecular weight excluding hydrogens is 702 g/mol. The van der Waals surface area contributed by atoms with Crippen molar-refractivity contribution in [1.82, 2.24) is 14.9 Å². The summed E-state index contributed by atoms with van der Waals surface area (Å²) in [6, 6.07) is -0.259. The fourth-order valence-corrected chi connectivity index (χ4v) is 7.11. The van der Waals surface area contributed by atoms with Gasteiger partial charge in [0.1, 0.15) is 11.7 Å². The number of esters is 1. The van der Waals surface area contributed by atoms with Crippen LogP contribution in [0, 0.1) is 5.92 Å². The van der Waals surface area contributed by atoms with E-state index in [-0.39, 0.29) is 46.5 Å². The number of ether oxygens (including phenoxy) is 2. The number of imide groups is 1. The van der Waals surface area contributed by atoms with E-state index in [0.29, 0.717) is 17.7 Å². The van der Waals surface area contributed by atoms with Crippen molar-refractivity contribution < 1.29 is 73.1 Å². The Labute approximate surface area is 288 Å². The molecule has 0 bridgehead atoms. The number of oxime groups is 1. The van der Waals surface area contributed by atoms with E-state index in [1.807, 2.05) is 0 Å². The van der Waals surface area contributed by atoms with Gasteiger partial charge in [0, 0.05) is 24.6 Å². The van der Waals surface area contributed by atoms with Crippen LogP contribution in [0.5, 0.6) is 11.5 Å². The van der Waals surface area contributed by atoms with Crippen LogP contribution in [0.15, 0.2) is 22.7 Å².